The number of nitrogens with zero attached hydrogens (tertiary/aromatic N) is 3. The largest absolute Gasteiger partial charge is 0.368 e. The number of piperazine rings is 1. The molecule has 26 heavy (non-hydrogen) atoms. The van der Waals surface area contributed by atoms with Crippen molar-refractivity contribution in [1.82, 2.24) is 9.80 Å². The third-order valence-corrected chi connectivity index (χ3v) is 7.30. The minimum Gasteiger partial charge on any atom is -0.368 e. The van der Waals surface area contributed by atoms with Crippen LogP contribution in [0.15, 0.2) is 24.3 Å². The molecule has 0 aliphatic carbocycles. The van der Waals surface area contributed by atoms with Crippen molar-refractivity contribution in [3.63, 3.8) is 0 Å². The molecule has 1 aromatic rings. The molecule has 6 nitrogen and oxygen atoms in total. The van der Waals surface area contributed by atoms with E-state index in [2.05, 4.69) is 9.80 Å². The van der Waals surface area contributed by atoms with Crippen molar-refractivity contribution in [2.45, 2.75) is 19.4 Å². The van der Waals surface area contributed by atoms with E-state index in [0.29, 0.717) is 19.5 Å². The summed E-state index contributed by atoms with van der Waals surface area (Å²) >= 11 is 6.27. The Balaban J connectivity index is 1.53. The molecule has 3 rings (SSSR count). The zero-order valence-corrected chi connectivity index (χ0v) is 16.7. The van der Waals surface area contributed by atoms with Gasteiger partial charge >= 0.3 is 0 Å². The van der Waals surface area contributed by atoms with Crippen molar-refractivity contribution in [3.8, 4) is 0 Å². The minimum absolute atomic E-state index is 0.0285. The number of para-hydroxylation sites is 1. The summed E-state index contributed by atoms with van der Waals surface area (Å²) in [7, 11) is -2.99. The van der Waals surface area contributed by atoms with E-state index in [0.717, 1.165) is 36.9 Å². The van der Waals surface area contributed by atoms with Gasteiger partial charge in [-0.25, -0.2) is 8.42 Å². The van der Waals surface area contributed by atoms with E-state index in [1.807, 2.05) is 31.2 Å². The molecule has 144 valence electrons. The highest BCUT2D eigenvalue weighted by molar-refractivity contribution is 7.91. The predicted molar refractivity (Wildman–Crippen MR) is 105 cm³/mol. The Labute approximate surface area is 160 Å². The van der Waals surface area contributed by atoms with Crippen LogP contribution < -0.4 is 4.90 Å². The van der Waals surface area contributed by atoms with Crippen LogP contribution in [0.5, 0.6) is 0 Å². The topological polar surface area (TPSA) is 60.9 Å². The average molecular weight is 400 g/mol. The van der Waals surface area contributed by atoms with Crippen molar-refractivity contribution in [1.29, 1.82) is 0 Å². The van der Waals surface area contributed by atoms with Gasteiger partial charge in [0, 0.05) is 38.8 Å². The second-order valence-corrected chi connectivity index (χ2v) is 9.59. The molecule has 2 heterocycles. The van der Waals surface area contributed by atoms with Gasteiger partial charge in [0.25, 0.3) is 0 Å². The lowest BCUT2D eigenvalue weighted by atomic mass is 10.2. The normalized spacial score (nSPS) is 23.2. The Morgan fingerprint density at radius 1 is 1.23 bits per heavy atom. The Morgan fingerprint density at radius 2 is 1.92 bits per heavy atom. The van der Waals surface area contributed by atoms with Crippen LogP contribution in [0.4, 0.5) is 5.69 Å². The fourth-order valence-corrected chi connectivity index (χ4v) is 5.78. The van der Waals surface area contributed by atoms with Gasteiger partial charge in [-0.2, -0.15) is 0 Å². The molecule has 0 saturated carbocycles. The van der Waals surface area contributed by atoms with Crippen LogP contribution in [0.1, 0.15) is 13.3 Å². The number of amides is 1. The van der Waals surface area contributed by atoms with Gasteiger partial charge in [-0.1, -0.05) is 23.7 Å². The highest BCUT2D eigenvalue weighted by atomic mass is 35.5. The molecule has 0 N–H and O–H groups in total. The second-order valence-electron chi connectivity index (χ2n) is 6.95. The van der Waals surface area contributed by atoms with E-state index >= 15 is 0 Å². The lowest BCUT2D eigenvalue weighted by molar-refractivity contribution is -0.134. The maximum Gasteiger partial charge on any atom is 0.237 e. The van der Waals surface area contributed by atoms with Crippen LogP contribution in [-0.4, -0.2) is 80.9 Å². The first kappa shape index (κ1) is 19.5. The molecule has 0 aromatic heterocycles. The number of halogens is 1. The first-order valence-corrected chi connectivity index (χ1v) is 11.3. The molecule has 0 bridgehead atoms. The Morgan fingerprint density at radius 3 is 2.50 bits per heavy atom. The van der Waals surface area contributed by atoms with E-state index in [-0.39, 0.29) is 23.5 Å². The summed E-state index contributed by atoms with van der Waals surface area (Å²) in [5.74, 6) is 0.325. The molecule has 1 atom stereocenters. The van der Waals surface area contributed by atoms with Crippen molar-refractivity contribution in [2.75, 3.05) is 55.7 Å². The monoisotopic (exact) mass is 399 g/mol. The number of likely N-dealkylation sites (N-methyl/N-ethyl adjacent to an activating group) is 1. The first-order chi connectivity index (χ1) is 12.4. The summed E-state index contributed by atoms with van der Waals surface area (Å²) in [5.41, 5.74) is 1.03. The summed E-state index contributed by atoms with van der Waals surface area (Å²) in [6, 6.07) is 7.64. The van der Waals surface area contributed by atoms with Crippen LogP contribution in [0, 0.1) is 0 Å². The van der Waals surface area contributed by atoms with Gasteiger partial charge in [-0.15, -0.1) is 0 Å². The third kappa shape index (κ3) is 4.50. The lowest BCUT2D eigenvalue weighted by Gasteiger charge is -2.37. The fraction of sp³-hybridized carbons (Fsp3) is 0.611. The van der Waals surface area contributed by atoms with Gasteiger partial charge in [-0.3, -0.25) is 9.69 Å². The fourth-order valence-electron chi connectivity index (χ4n) is 3.80. The standard InChI is InChI=1S/C18H26ClN3O3S/c1-2-22(15-7-12-26(24,25)14-15)18(23)13-20-8-10-21(11-9-20)17-6-4-3-5-16(17)19/h3-6,15H,2,7-14H2,1H3/t15-/m0/s1. The maximum atomic E-state index is 12.7. The number of carbonyl (C=O) groups excluding carboxylic acids is 1. The third-order valence-electron chi connectivity index (χ3n) is 5.23. The Hall–Kier alpha value is -1.31. The van der Waals surface area contributed by atoms with Gasteiger partial charge in [-0.05, 0) is 25.5 Å². The average Bonchev–Trinajstić information content (AvgIpc) is 2.96. The molecular weight excluding hydrogens is 374 g/mol. The van der Waals surface area contributed by atoms with Crippen LogP contribution in [0.3, 0.4) is 0 Å². The smallest absolute Gasteiger partial charge is 0.237 e. The molecule has 1 aromatic carbocycles. The number of benzene rings is 1. The van der Waals surface area contributed by atoms with Crippen LogP contribution in [0.2, 0.25) is 5.02 Å². The van der Waals surface area contributed by atoms with Crippen molar-refractivity contribution < 1.29 is 13.2 Å². The van der Waals surface area contributed by atoms with E-state index in [1.165, 1.54) is 0 Å². The summed E-state index contributed by atoms with van der Waals surface area (Å²) < 4.78 is 23.4. The summed E-state index contributed by atoms with van der Waals surface area (Å²) in [6.45, 7) is 6.04. The van der Waals surface area contributed by atoms with Crippen LogP contribution >= 0.6 is 11.6 Å². The Kier molecular flexibility index (Phi) is 6.10. The quantitative estimate of drug-likeness (QED) is 0.750. The number of carbonyl (C=O) groups is 1. The molecule has 2 aliphatic heterocycles. The van der Waals surface area contributed by atoms with Crippen molar-refractivity contribution >= 4 is 33.0 Å². The van der Waals surface area contributed by atoms with E-state index in [1.54, 1.807) is 4.90 Å². The summed E-state index contributed by atoms with van der Waals surface area (Å²) in [6.07, 6.45) is 0.558. The van der Waals surface area contributed by atoms with Crippen LogP contribution in [0.25, 0.3) is 0 Å². The summed E-state index contributed by atoms with van der Waals surface area (Å²) in [4.78, 5) is 18.8. The molecule has 0 spiro atoms. The van der Waals surface area contributed by atoms with E-state index in [9.17, 15) is 13.2 Å². The highest BCUT2D eigenvalue weighted by Crippen LogP contribution is 2.26. The molecule has 2 fully saturated rings. The van der Waals surface area contributed by atoms with Crippen LogP contribution in [-0.2, 0) is 14.6 Å². The van der Waals surface area contributed by atoms with Crippen molar-refractivity contribution in [2.24, 2.45) is 0 Å². The van der Waals surface area contributed by atoms with E-state index < -0.39 is 9.84 Å². The molecule has 8 heteroatoms. The second kappa shape index (κ2) is 8.15. The number of hydrogen-bond acceptors (Lipinski definition) is 5. The lowest BCUT2D eigenvalue weighted by Crippen LogP contribution is -2.51. The minimum atomic E-state index is -2.99. The molecule has 2 saturated heterocycles. The number of anilines is 1. The van der Waals surface area contributed by atoms with E-state index in [4.69, 9.17) is 11.6 Å². The molecule has 1 amide bonds. The number of sulfone groups is 1. The van der Waals surface area contributed by atoms with Gasteiger partial charge in [0.2, 0.25) is 5.91 Å². The zero-order chi connectivity index (χ0) is 18.7. The Bertz CT molecular complexity index is 748. The highest BCUT2D eigenvalue weighted by Gasteiger charge is 2.34. The zero-order valence-electron chi connectivity index (χ0n) is 15.1. The molecule has 0 radical (unpaired) electrons. The van der Waals surface area contributed by atoms with Gasteiger partial charge in [0.15, 0.2) is 9.84 Å². The number of rotatable bonds is 5. The maximum absolute atomic E-state index is 12.7. The number of hydrogen-bond donors (Lipinski definition) is 0. The van der Waals surface area contributed by atoms with Gasteiger partial charge in [0.1, 0.15) is 0 Å². The SMILES string of the molecule is CCN(C(=O)CN1CCN(c2ccccc2Cl)CC1)[C@H]1CCS(=O)(=O)C1. The molecule has 2 aliphatic rings. The first-order valence-electron chi connectivity index (χ1n) is 9.11. The molecule has 0 unspecified atom stereocenters. The summed E-state index contributed by atoms with van der Waals surface area (Å²) in [5, 5.41) is 0.747. The van der Waals surface area contributed by atoms with Gasteiger partial charge in [0.05, 0.1) is 28.8 Å². The molecular formula is C18H26ClN3O3S. The van der Waals surface area contributed by atoms with Gasteiger partial charge < -0.3 is 9.80 Å². The van der Waals surface area contributed by atoms with Crippen molar-refractivity contribution in [3.05, 3.63) is 29.3 Å². The predicted octanol–water partition coefficient (Wildman–Crippen LogP) is 1.50.